The van der Waals surface area contributed by atoms with Gasteiger partial charge >= 0.3 is 11.9 Å². The lowest BCUT2D eigenvalue weighted by molar-refractivity contribution is -0.157. The summed E-state index contributed by atoms with van der Waals surface area (Å²) >= 11 is 1.09. The Labute approximate surface area is 420 Å². The normalized spacial score (nSPS) is 22.4. The van der Waals surface area contributed by atoms with Gasteiger partial charge in [-0.1, -0.05) is 75.7 Å². The van der Waals surface area contributed by atoms with Crippen LogP contribution in [0.3, 0.4) is 0 Å². The molecule has 3 unspecified atom stereocenters. The number of hydrogen-bond acceptors (Lipinski definition) is 15. The van der Waals surface area contributed by atoms with E-state index < -0.39 is 152 Å². The SMILES string of the molecule is CC[C@H](C)[C@@H]1NC(=O)CNC(=O)C(N)Cc2c([nH]c3ccccc23)SCC(C(=O)C[C@@H](CC(N)=O)C(=O)N2CC(O)C[C@H]2C(=O)N[C@H](C(=O)OCc2ccccc2)[C@@H](C)[C@H](C)OC(C)=O)NC(=O)CNC1=O. The third kappa shape index (κ3) is 15.3. The van der Waals surface area contributed by atoms with Crippen molar-refractivity contribution in [2.24, 2.45) is 29.2 Å². The van der Waals surface area contributed by atoms with Gasteiger partial charge in [0.05, 0.1) is 42.2 Å². The predicted octanol–water partition coefficient (Wildman–Crippen LogP) is -0.380. The van der Waals surface area contributed by atoms with Crippen LogP contribution < -0.4 is 38.1 Å². The zero-order valence-corrected chi connectivity index (χ0v) is 41.7. The molecule has 3 aromatic rings. The average molecular weight is 1020 g/mol. The summed E-state index contributed by atoms with van der Waals surface area (Å²) in [6.45, 7) is 6.12. The van der Waals surface area contributed by atoms with Gasteiger partial charge in [0.1, 0.15) is 30.8 Å². The molecule has 2 aromatic carbocycles. The lowest BCUT2D eigenvalue weighted by Crippen LogP contribution is -2.56. The zero-order valence-electron chi connectivity index (χ0n) is 40.9. The van der Waals surface area contributed by atoms with Crippen LogP contribution in [-0.2, 0) is 70.4 Å². The number of hydrogen-bond donors (Lipinski definition) is 9. The maximum atomic E-state index is 14.6. The molecule has 22 nitrogen and oxygen atoms in total. The molecular formula is C49H65N9O13S. The molecule has 5 rings (SSSR count). The zero-order chi connectivity index (χ0) is 52.8. The molecule has 2 aliphatic rings. The highest BCUT2D eigenvalue weighted by Crippen LogP contribution is 2.32. The summed E-state index contributed by atoms with van der Waals surface area (Å²) in [6.07, 6.45) is -3.39. The molecule has 0 spiro atoms. The summed E-state index contributed by atoms with van der Waals surface area (Å²) in [7, 11) is 0. The minimum atomic E-state index is -1.51. The molecule has 390 valence electrons. The molecule has 0 radical (unpaired) electrons. The molecule has 2 aliphatic heterocycles. The Balaban J connectivity index is 1.42. The molecule has 1 aromatic heterocycles. The molecule has 1 fully saturated rings. The van der Waals surface area contributed by atoms with E-state index in [1.165, 1.54) is 13.8 Å². The first-order valence-electron chi connectivity index (χ1n) is 23.8. The fourth-order valence-electron chi connectivity index (χ4n) is 8.47. The number of carbonyl (C=O) groups excluding carboxylic acids is 10. The second-order valence-corrected chi connectivity index (χ2v) is 19.3. The van der Waals surface area contributed by atoms with Gasteiger partial charge < -0.3 is 62.5 Å². The highest BCUT2D eigenvalue weighted by atomic mass is 32.2. The van der Waals surface area contributed by atoms with Gasteiger partial charge in [0.15, 0.2) is 5.78 Å². The Morgan fingerprint density at radius 3 is 2.22 bits per heavy atom. The molecule has 3 heterocycles. The van der Waals surface area contributed by atoms with E-state index in [1.54, 1.807) is 69.3 Å². The summed E-state index contributed by atoms with van der Waals surface area (Å²) in [5, 5.41) is 25.0. The number of aliphatic hydroxyl groups is 1. The van der Waals surface area contributed by atoms with Crippen LogP contribution in [0.4, 0.5) is 0 Å². The van der Waals surface area contributed by atoms with Gasteiger partial charge in [-0.25, -0.2) is 4.79 Å². The van der Waals surface area contributed by atoms with Crippen molar-refractivity contribution in [2.45, 2.75) is 121 Å². The number of rotatable bonds is 16. The number of carbonyl (C=O) groups is 10. The quantitative estimate of drug-likeness (QED) is 0.0826. The van der Waals surface area contributed by atoms with Gasteiger partial charge in [0.2, 0.25) is 41.4 Å². The van der Waals surface area contributed by atoms with E-state index >= 15 is 0 Å². The van der Waals surface area contributed by atoms with Crippen molar-refractivity contribution in [3.8, 4) is 0 Å². The van der Waals surface area contributed by atoms with Crippen LogP contribution in [-0.4, -0.2) is 142 Å². The number of H-pyrrole nitrogens is 1. The highest BCUT2D eigenvalue weighted by Gasteiger charge is 2.44. The van der Waals surface area contributed by atoms with Crippen LogP contribution >= 0.6 is 11.8 Å². The Kier molecular flexibility index (Phi) is 20.3. The van der Waals surface area contributed by atoms with E-state index in [4.69, 9.17) is 20.9 Å². The third-order valence-corrected chi connectivity index (χ3v) is 14.0. The van der Waals surface area contributed by atoms with E-state index in [0.29, 0.717) is 33.5 Å². The number of esters is 2. The summed E-state index contributed by atoms with van der Waals surface area (Å²) in [5.74, 6) is -10.8. The molecule has 72 heavy (non-hydrogen) atoms. The monoisotopic (exact) mass is 1020 g/mol. The fourth-order valence-corrected chi connectivity index (χ4v) is 9.62. The van der Waals surface area contributed by atoms with E-state index in [9.17, 15) is 53.1 Å². The van der Waals surface area contributed by atoms with Crippen LogP contribution in [0.1, 0.15) is 71.4 Å². The van der Waals surface area contributed by atoms with Crippen LogP contribution in [0.25, 0.3) is 10.9 Å². The molecule has 7 amide bonds. The fraction of sp³-hybridized carbons (Fsp3) is 0.510. The van der Waals surface area contributed by atoms with Crippen molar-refractivity contribution >= 4 is 81.7 Å². The van der Waals surface area contributed by atoms with Crippen molar-refractivity contribution in [1.29, 1.82) is 0 Å². The number of ketones is 1. The van der Waals surface area contributed by atoms with Crippen LogP contribution in [0.15, 0.2) is 59.6 Å². The first-order valence-corrected chi connectivity index (χ1v) is 24.8. The highest BCUT2D eigenvalue weighted by molar-refractivity contribution is 7.99. The lowest BCUT2D eigenvalue weighted by Gasteiger charge is -2.31. The molecule has 0 aliphatic carbocycles. The first kappa shape index (κ1) is 56.1. The number of nitrogens with one attached hydrogen (secondary N) is 6. The maximum Gasteiger partial charge on any atom is 0.329 e. The van der Waals surface area contributed by atoms with Crippen molar-refractivity contribution in [3.05, 3.63) is 65.7 Å². The number of aromatic nitrogens is 1. The lowest BCUT2D eigenvalue weighted by atomic mass is 9.93. The number of likely N-dealkylation sites (tertiary alicyclic amines) is 1. The number of aliphatic hydroxyl groups excluding tert-OH is 1. The molecule has 0 saturated carbocycles. The van der Waals surface area contributed by atoms with Gasteiger partial charge in [0.25, 0.3) is 0 Å². The standard InChI is InChI=1S/C49H65N9O13S/c1-6-25(2)42-46(67)53-20-40(63)54-36(24-72-47-33(32-14-10-11-15-35(32)55-47)19-34(50)44(65)52-21-41(64)56-42)38(61)16-30(17-39(51)62)48(68)58-22-31(60)18-37(58)45(66)57-43(26(3)27(4)71-28(5)59)49(69)70-23-29-12-8-7-9-13-29/h7-15,25-27,30-31,34,36-37,42-43,55,60H,6,16-24,50H2,1-5H3,(H2,51,62)(H,52,65)(H,53,67)(H,54,63)(H,56,64)(H,57,66)/t25-,26-,27-,30-,31?,34?,36?,37-,42-,43-/m0/s1. The Morgan fingerprint density at radius 2 is 1.56 bits per heavy atom. The largest absolute Gasteiger partial charge is 0.462 e. The average Bonchev–Trinajstić information content (AvgIpc) is 3.91. The Hall–Kier alpha value is -6.85. The molecule has 10 atom stereocenters. The number of nitrogens with zero attached hydrogens (tertiary/aromatic N) is 1. The van der Waals surface area contributed by atoms with E-state index in [1.807, 2.05) is 6.07 Å². The Bertz CT molecular complexity index is 2490. The minimum absolute atomic E-state index is 0.0198. The van der Waals surface area contributed by atoms with E-state index in [0.717, 1.165) is 16.7 Å². The number of primary amides is 1. The van der Waals surface area contributed by atoms with Crippen molar-refractivity contribution in [3.63, 3.8) is 0 Å². The van der Waals surface area contributed by atoms with E-state index in [2.05, 4.69) is 31.6 Å². The summed E-state index contributed by atoms with van der Waals surface area (Å²) < 4.78 is 10.9. The minimum Gasteiger partial charge on any atom is -0.462 e. The summed E-state index contributed by atoms with van der Waals surface area (Å²) in [4.78, 5) is 139. The third-order valence-electron chi connectivity index (χ3n) is 12.8. The predicted molar refractivity (Wildman–Crippen MR) is 262 cm³/mol. The molecule has 23 heteroatoms. The molecular weight excluding hydrogens is 955 g/mol. The smallest absolute Gasteiger partial charge is 0.329 e. The van der Waals surface area contributed by atoms with Gasteiger partial charge in [-0.2, -0.15) is 0 Å². The summed E-state index contributed by atoms with van der Waals surface area (Å²) in [5.41, 5.74) is 13.9. The number of nitrogens with two attached hydrogens (primary N) is 2. The van der Waals surface area contributed by atoms with Crippen molar-refractivity contribution < 1.29 is 62.5 Å². The number of benzene rings is 2. The summed E-state index contributed by atoms with van der Waals surface area (Å²) in [6, 6.07) is 9.41. The Morgan fingerprint density at radius 1 is 0.903 bits per heavy atom. The van der Waals surface area contributed by atoms with Crippen LogP contribution in [0, 0.1) is 17.8 Å². The van der Waals surface area contributed by atoms with Gasteiger partial charge in [-0.15, -0.1) is 11.8 Å². The van der Waals surface area contributed by atoms with Gasteiger partial charge in [0, 0.05) is 55.3 Å². The van der Waals surface area contributed by atoms with Crippen molar-refractivity contribution in [2.75, 3.05) is 25.4 Å². The topological polar surface area (TPSA) is 341 Å². The number of thioether (sulfide) groups is 1. The van der Waals surface area contributed by atoms with Crippen LogP contribution in [0.5, 0.6) is 0 Å². The number of amides is 7. The number of aromatic amines is 1. The van der Waals surface area contributed by atoms with Crippen molar-refractivity contribution in [1.82, 2.24) is 36.5 Å². The number of ether oxygens (including phenoxy) is 2. The van der Waals surface area contributed by atoms with Crippen LogP contribution in [0.2, 0.25) is 0 Å². The number of Topliss-reactive ketones (excluding diaryl/α,β-unsaturated/α-hetero) is 1. The number of fused-ring (bicyclic) bond motifs is 3. The molecule has 11 N–H and O–H groups in total. The maximum absolute atomic E-state index is 14.6. The van der Waals surface area contributed by atoms with Gasteiger partial charge in [-0.05, 0) is 36.5 Å². The van der Waals surface area contributed by atoms with E-state index in [-0.39, 0.29) is 25.2 Å². The number of β-amino-alcohol motifs (C(OH)–C–C–N with tert-alkyl or cyclic N) is 1. The molecule has 1 saturated heterocycles. The second kappa shape index (κ2) is 26.0. The molecule has 0 bridgehead atoms. The first-order chi connectivity index (χ1) is 34.2. The van der Waals surface area contributed by atoms with Gasteiger partial charge in [-0.3, -0.25) is 43.2 Å². The number of para-hydroxylation sites is 1. The second-order valence-electron chi connectivity index (χ2n) is 18.3.